The molecule has 9 heteroatoms. The molecule has 0 aromatic rings. The zero-order valence-corrected chi connectivity index (χ0v) is 21.0. The maximum absolute atomic E-state index is 6.53. The molecule has 2 unspecified atom stereocenters. The van der Waals surface area contributed by atoms with Crippen LogP contribution in [0, 0.1) is 0 Å². The predicted octanol–water partition coefficient (Wildman–Crippen LogP) is 7.89. The first kappa shape index (κ1) is 47.5. The Morgan fingerprint density at radius 1 is 0.621 bits per heavy atom. The standard InChI is InChI=1S/C14H38O5Si4.6CH4/c1-14(15-2)12-16-13-23(11,18-21(6,7)8)19-22(9,10)17-20(3,4)5;;;;;;/h14H,12-13H2,1-11H3;6*1H4. The molecular weight excluding hydrogens is 433 g/mol. The zero-order chi connectivity index (χ0) is 18.5. The highest BCUT2D eigenvalue weighted by molar-refractivity contribution is 6.89. The van der Waals surface area contributed by atoms with Crippen LogP contribution in [0.2, 0.25) is 58.9 Å². The summed E-state index contributed by atoms with van der Waals surface area (Å²) < 4.78 is 30.4. The monoisotopic (exact) mass is 494 g/mol. The Kier molecular flexibility index (Phi) is 29.9. The van der Waals surface area contributed by atoms with E-state index in [2.05, 4.69) is 58.9 Å². The molecule has 0 rings (SSSR count). The molecule has 0 fully saturated rings. The van der Waals surface area contributed by atoms with Gasteiger partial charge in [0.15, 0.2) is 16.6 Å². The number of hydrogen-bond donors (Lipinski definition) is 0. The first-order chi connectivity index (χ1) is 10.1. The fourth-order valence-electron chi connectivity index (χ4n) is 2.48. The van der Waals surface area contributed by atoms with Gasteiger partial charge in [0.2, 0.25) is 0 Å². The van der Waals surface area contributed by atoms with Crippen LogP contribution in [0.1, 0.15) is 51.5 Å². The van der Waals surface area contributed by atoms with Gasteiger partial charge in [0.1, 0.15) is 0 Å². The molecule has 0 radical (unpaired) electrons. The first-order valence-corrected chi connectivity index (χ1v) is 20.4. The van der Waals surface area contributed by atoms with Crippen LogP contribution in [0.15, 0.2) is 0 Å². The average Bonchev–Trinajstić information content (AvgIpc) is 2.20. The maximum atomic E-state index is 6.53. The Morgan fingerprint density at radius 2 is 1.00 bits per heavy atom. The number of hydrogen-bond acceptors (Lipinski definition) is 5. The quantitative estimate of drug-likeness (QED) is 0.273. The van der Waals surface area contributed by atoms with Gasteiger partial charge < -0.3 is 21.8 Å². The van der Waals surface area contributed by atoms with E-state index >= 15 is 0 Å². The van der Waals surface area contributed by atoms with Gasteiger partial charge in [0.25, 0.3) is 0 Å². The molecule has 0 amide bonds. The van der Waals surface area contributed by atoms with Crippen molar-refractivity contribution in [3.8, 4) is 0 Å². The summed E-state index contributed by atoms with van der Waals surface area (Å²) in [4.78, 5) is 0. The molecule has 0 bridgehead atoms. The van der Waals surface area contributed by atoms with Crippen LogP contribution in [-0.2, 0) is 21.8 Å². The molecule has 0 aliphatic rings. The van der Waals surface area contributed by atoms with Gasteiger partial charge in [-0.05, 0) is 65.8 Å². The minimum atomic E-state index is -2.46. The molecule has 188 valence electrons. The molecule has 29 heavy (non-hydrogen) atoms. The maximum Gasteiger partial charge on any atom is 0.342 e. The van der Waals surface area contributed by atoms with Gasteiger partial charge in [-0.1, -0.05) is 44.6 Å². The minimum Gasteiger partial charge on any atom is -0.437 e. The third-order valence-electron chi connectivity index (χ3n) is 2.65. The molecule has 0 aliphatic heterocycles. The van der Waals surface area contributed by atoms with Gasteiger partial charge in [-0.15, -0.1) is 0 Å². The fraction of sp³-hybridized carbons (Fsp3) is 1.00. The minimum absolute atomic E-state index is 0. The fourth-order valence-corrected chi connectivity index (χ4v) is 19.8. The van der Waals surface area contributed by atoms with Crippen LogP contribution in [-0.4, -0.2) is 59.8 Å². The second-order valence-electron chi connectivity index (χ2n) is 8.63. The molecule has 0 aliphatic carbocycles. The number of methoxy groups -OCH3 is 1. The van der Waals surface area contributed by atoms with Crippen LogP contribution < -0.4 is 0 Å². The van der Waals surface area contributed by atoms with Crippen LogP contribution in [0.5, 0.6) is 0 Å². The first-order valence-electron chi connectivity index (χ1n) is 8.29. The molecule has 5 nitrogen and oxygen atoms in total. The van der Waals surface area contributed by atoms with E-state index in [9.17, 15) is 0 Å². The van der Waals surface area contributed by atoms with Crippen LogP contribution in [0.3, 0.4) is 0 Å². The molecule has 0 saturated heterocycles. The normalized spacial score (nSPS) is 14.2. The molecule has 2 atom stereocenters. The molecule has 0 saturated carbocycles. The van der Waals surface area contributed by atoms with E-state index < -0.39 is 33.8 Å². The van der Waals surface area contributed by atoms with Gasteiger partial charge in [-0.25, -0.2) is 0 Å². The lowest BCUT2D eigenvalue weighted by Crippen LogP contribution is -2.59. The summed E-state index contributed by atoms with van der Waals surface area (Å²) in [7, 11) is -6.40. The summed E-state index contributed by atoms with van der Waals surface area (Å²) >= 11 is 0. The van der Waals surface area contributed by atoms with Crippen molar-refractivity contribution in [3.05, 3.63) is 0 Å². The van der Waals surface area contributed by atoms with E-state index in [4.69, 9.17) is 21.8 Å². The molecule has 0 heterocycles. The zero-order valence-electron chi connectivity index (χ0n) is 17.0. The summed E-state index contributed by atoms with van der Waals surface area (Å²) in [6.07, 6.45) is 0.583. The van der Waals surface area contributed by atoms with Crippen molar-refractivity contribution in [3.63, 3.8) is 0 Å². The van der Waals surface area contributed by atoms with E-state index in [1.54, 1.807) is 7.11 Å². The van der Waals surface area contributed by atoms with Crippen LogP contribution >= 0.6 is 0 Å². The van der Waals surface area contributed by atoms with Crippen molar-refractivity contribution < 1.29 is 21.8 Å². The van der Waals surface area contributed by atoms with Crippen molar-refractivity contribution in [1.82, 2.24) is 0 Å². The summed E-state index contributed by atoms with van der Waals surface area (Å²) in [6.45, 7) is 22.0. The molecule has 0 N–H and O–H groups in total. The van der Waals surface area contributed by atoms with E-state index in [0.29, 0.717) is 12.8 Å². The highest BCUT2D eigenvalue weighted by atomic mass is 28.5. The van der Waals surface area contributed by atoms with Crippen LogP contribution in [0.4, 0.5) is 0 Å². The topological polar surface area (TPSA) is 46.2 Å². The van der Waals surface area contributed by atoms with Gasteiger partial charge in [-0.3, -0.25) is 0 Å². The van der Waals surface area contributed by atoms with Gasteiger partial charge in [-0.2, -0.15) is 0 Å². The SMILES string of the molecule is C.C.C.C.C.C.COC(C)COC[Si](C)(O[Si](C)(C)C)O[Si](C)(C)O[Si](C)(C)C. The van der Waals surface area contributed by atoms with Gasteiger partial charge >= 0.3 is 17.1 Å². The second kappa shape index (κ2) is 18.3. The number of rotatable bonds is 11. The molecule has 0 spiro atoms. The Hall–Kier alpha value is 0.668. The lowest BCUT2D eigenvalue weighted by atomic mass is 10.4. The van der Waals surface area contributed by atoms with Crippen LogP contribution in [0.25, 0.3) is 0 Å². The highest BCUT2D eigenvalue weighted by Gasteiger charge is 2.44. The van der Waals surface area contributed by atoms with Crippen molar-refractivity contribution in [2.45, 2.75) is 117 Å². The third-order valence-corrected chi connectivity index (χ3v) is 15.7. The van der Waals surface area contributed by atoms with Crippen molar-refractivity contribution >= 4 is 33.8 Å². The second-order valence-corrected chi connectivity index (χ2v) is 24.9. The van der Waals surface area contributed by atoms with E-state index in [-0.39, 0.29) is 50.7 Å². The smallest absolute Gasteiger partial charge is 0.342 e. The summed E-state index contributed by atoms with van der Waals surface area (Å²) in [6, 6.07) is 0. The lowest BCUT2D eigenvalue weighted by Gasteiger charge is -2.41. The Balaban J connectivity index is -0.000000161. The molecule has 0 aromatic carbocycles. The summed E-state index contributed by atoms with van der Waals surface area (Å²) in [5.74, 6) is 0. The summed E-state index contributed by atoms with van der Waals surface area (Å²) in [5, 5.41) is 0. The van der Waals surface area contributed by atoms with Gasteiger partial charge in [0, 0.05) is 7.11 Å². The Labute approximate surface area is 192 Å². The molecular formula is C20H62O5Si4. The summed E-state index contributed by atoms with van der Waals surface area (Å²) in [5.41, 5.74) is 0. The molecule has 0 aromatic heterocycles. The van der Waals surface area contributed by atoms with Crippen molar-refractivity contribution in [2.24, 2.45) is 0 Å². The Morgan fingerprint density at radius 3 is 1.31 bits per heavy atom. The van der Waals surface area contributed by atoms with Crippen molar-refractivity contribution in [2.75, 3.05) is 19.9 Å². The van der Waals surface area contributed by atoms with E-state index in [0.717, 1.165) is 0 Å². The van der Waals surface area contributed by atoms with Crippen molar-refractivity contribution in [1.29, 1.82) is 0 Å². The van der Waals surface area contributed by atoms with E-state index in [1.165, 1.54) is 0 Å². The lowest BCUT2D eigenvalue weighted by molar-refractivity contribution is 0.0264. The number of ether oxygens (including phenoxy) is 2. The largest absolute Gasteiger partial charge is 0.437 e. The average molecular weight is 495 g/mol. The van der Waals surface area contributed by atoms with E-state index in [1.807, 2.05) is 6.92 Å². The highest BCUT2D eigenvalue weighted by Crippen LogP contribution is 2.24. The predicted molar refractivity (Wildman–Crippen MR) is 147 cm³/mol. The van der Waals surface area contributed by atoms with Gasteiger partial charge in [0.05, 0.1) is 18.9 Å². The Bertz CT molecular complexity index is 358. The third kappa shape index (κ3) is 26.6.